The number of ether oxygens (including phenoxy) is 1. The maximum atomic E-state index is 14.3. The molecule has 5 nitrogen and oxygen atoms in total. The molecule has 0 amide bonds. The Morgan fingerprint density at radius 1 is 0.952 bits per heavy atom. The summed E-state index contributed by atoms with van der Waals surface area (Å²) in [5, 5.41) is 10.4. The largest absolute Gasteiger partial charge is 0.479 e. The molecule has 5 rings (SSSR count). The zero-order valence-corrected chi connectivity index (χ0v) is 25.3. The minimum Gasteiger partial charge on any atom is -0.479 e. The van der Waals surface area contributed by atoms with Gasteiger partial charge in [0, 0.05) is 47.7 Å². The van der Waals surface area contributed by atoms with Crippen molar-refractivity contribution in [3.63, 3.8) is 0 Å². The first-order valence-corrected chi connectivity index (χ1v) is 14.5. The number of hydrogen-bond donors (Lipinski definition) is 1. The van der Waals surface area contributed by atoms with Crippen molar-refractivity contribution in [1.29, 1.82) is 0 Å². The molecule has 1 aliphatic heterocycles. The highest BCUT2D eigenvalue weighted by atomic mass is 19.1. The van der Waals surface area contributed by atoms with Crippen LogP contribution in [0.4, 0.5) is 4.39 Å². The first kappa shape index (κ1) is 29.6. The summed E-state index contributed by atoms with van der Waals surface area (Å²) in [5.74, 6) is -1.21. The van der Waals surface area contributed by atoms with Gasteiger partial charge < -0.3 is 9.84 Å². The van der Waals surface area contributed by atoms with Crippen molar-refractivity contribution in [3.05, 3.63) is 112 Å². The van der Waals surface area contributed by atoms with Crippen molar-refractivity contribution in [2.45, 2.75) is 72.8 Å². The number of carbonyl (C=O) groups is 1. The van der Waals surface area contributed by atoms with Crippen LogP contribution < -0.4 is 0 Å². The molecule has 1 unspecified atom stereocenters. The number of hydrogen-bond acceptors (Lipinski definition) is 4. The van der Waals surface area contributed by atoms with Crippen molar-refractivity contribution >= 4 is 5.97 Å². The van der Waals surface area contributed by atoms with E-state index in [-0.39, 0.29) is 5.82 Å². The van der Waals surface area contributed by atoms with E-state index in [0.717, 1.165) is 53.0 Å². The highest BCUT2D eigenvalue weighted by Gasteiger charge is 2.33. The van der Waals surface area contributed by atoms with E-state index in [9.17, 15) is 14.3 Å². The highest BCUT2D eigenvalue weighted by molar-refractivity contribution is 5.91. The molecule has 1 N–H and O–H groups in total. The van der Waals surface area contributed by atoms with Crippen LogP contribution in [0.5, 0.6) is 0 Å². The number of pyridine rings is 1. The Labute approximate surface area is 248 Å². The molecule has 0 saturated heterocycles. The van der Waals surface area contributed by atoms with Gasteiger partial charge in [-0.25, -0.2) is 9.18 Å². The fourth-order valence-electron chi connectivity index (χ4n) is 5.91. The van der Waals surface area contributed by atoms with E-state index in [0.29, 0.717) is 23.4 Å². The Morgan fingerprint density at radius 2 is 1.64 bits per heavy atom. The van der Waals surface area contributed by atoms with Crippen molar-refractivity contribution in [1.82, 2.24) is 9.88 Å². The van der Waals surface area contributed by atoms with E-state index in [1.165, 1.54) is 17.2 Å². The van der Waals surface area contributed by atoms with Crippen LogP contribution in [0.1, 0.15) is 66.1 Å². The molecule has 0 radical (unpaired) electrons. The van der Waals surface area contributed by atoms with E-state index >= 15 is 0 Å². The average molecular weight is 567 g/mol. The number of fused-ring (bicyclic) bond motifs is 1. The number of aryl methyl sites for hydroxylation is 3. The molecule has 1 aliphatic rings. The zero-order chi connectivity index (χ0) is 30.2. The van der Waals surface area contributed by atoms with Gasteiger partial charge in [0.05, 0.1) is 5.60 Å². The third-order valence-corrected chi connectivity index (χ3v) is 7.84. The number of benzene rings is 3. The molecule has 218 valence electrons. The quantitative estimate of drug-likeness (QED) is 0.246. The molecule has 1 atom stereocenters. The second kappa shape index (κ2) is 11.8. The molecule has 42 heavy (non-hydrogen) atoms. The molecule has 0 fully saturated rings. The standard InChI is InChI=1S/C36H39FN2O3/c1-22-11-13-25(14-12-22)33-31(23(2)38-24(3)32(33)34(35(40)41)42-36(4,5)6)27-15-16-28-20-39(18-17-26(28)19-27)21-29-9-7-8-10-30(29)37/h7-16,19,34H,17-18,20-21H2,1-6H3,(H,40,41). The van der Waals surface area contributed by atoms with Crippen molar-refractivity contribution in [2.75, 3.05) is 6.54 Å². The molecule has 4 aromatic rings. The van der Waals surface area contributed by atoms with Gasteiger partial charge in [-0.1, -0.05) is 66.2 Å². The molecule has 0 aliphatic carbocycles. The average Bonchev–Trinajstić information content (AvgIpc) is 2.92. The van der Waals surface area contributed by atoms with E-state index in [1.807, 2.05) is 77.9 Å². The SMILES string of the molecule is Cc1ccc(-c2c(-c3ccc4c(c3)CCN(Cc3ccccc3F)C4)c(C)nc(C)c2C(OC(C)(C)C)C(=O)O)cc1. The molecule has 6 heteroatoms. The number of halogens is 1. The lowest BCUT2D eigenvalue weighted by atomic mass is 9.85. The Kier molecular flexibility index (Phi) is 8.31. The number of aromatic nitrogens is 1. The highest BCUT2D eigenvalue weighted by Crippen LogP contribution is 2.43. The van der Waals surface area contributed by atoms with E-state index < -0.39 is 17.7 Å². The van der Waals surface area contributed by atoms with Gasteiger partial charge in [-0.15, -0.1) is 0 Å². The molecule has 0 saturated carbocycles. The maximum absolute atomic E-state index is 14.3. The molecule has 3 aromatic carbocycles. The van der Waals surface area contributed by atoms with Gasteiger partial charge in [-0.3, -0.25) is 9.88 Å². The zero-order valence-electron chi connectivity index (χ0n) is 25.3. The van der Waals surface area contributed by atoms with Gasteiger partial charge in [0.15, 0.2) is 6.10 Å². The van der Waals surface area contributed by atoms with Crippen LogP contribution in [0.15, 0.2) is 66.7 Å². The summed E-state index contributed by atoms with van der Waals surface area (Å²) in [6.07, 6.45) is -0.342. The van der Waals surface area contributed by atoms with Crippen molar-refractivity contribution in [2.24, 2.45) is 0 Å². The van der Waals surface area contributed by atoms with Gasteiger partial charge in [0.2, 0.25) is 0 Å². The number of rotatable bonds is 7. The van der Waals surface area contributed by atoms with E-state index in [2.05, 4.69) is 23.1 Å². The molecule has 1 aromatic heterocycles. The summed E-state index contributed by atoms with van der Waals surface area (Å²) in [6.45, 7) is 13.6. The predicted molar refractivity (Wildman–Crippen MR) is 165 cm³/mol. The number of nitrogens with zero attached hydrogens (tertiary/aromatic N) is 2. The summed E-state index contributed by atoms with van der Waals surface area (Å²) >= 11 is 0. The Hall–Kier alpha value is -3.87. The van der Waals surface area contributed by atoms with E-state index in [4.69, 9.17) is 9.72 Å². The summed E-state index contributed by atoms with van der Waals surface area (Å²) in [4.78, 5) is 19.8. The normalized spacial score (nSPS) is 14.5. The number of carboxylic acid groups (broad SMARTS) is 1. The fourth-order valence-corrected chi connectivity index (χ4v) is 5.91. The first-order valence-electron chi connectivity index (χ1n) is 14.5. The second-order valence-corrected chi connectivity index (χ2v) is 12.3. The van der Waals surface area contributed by atoms with Gasteiger partial charge in [-0.2, -0.15) is 0 Å². The van der Waals surface area contributed by atoms with Crippen LogP contribution >= 0.6 is 0 Å². The summed E-state index contributed by atoms with van der Waals surface area (Å²) < 4.78 is 20.5. The predicted octanol–water partition coefficient (Wildman–Crippen LogP) is 7.98. The molecular formula is C36H39FN2O3. The smallest absolute Gasteiger partial charge is 0.337 e. The molecular weight excluding hydrogens is 527 g/mol. The van der Waals surface area contributed by atoms with Gasteiger partial charge in [0.1, 0.15) is 5.82 Å². The lowest BCUT2D eigenvalue weighted by molar-refractivity contribution is -0.160. The molecule has 0 spiro atoms. The van der Waals surface area contributed by atoms with Crippen LogP contribution in [0, 0.1) is 26.6 Å². The molecule has 2 heterocycles. The fraction of sp³-hybridized carbons (Fsp3) is 0.333. The van der Waals surface area contributed by atoms with Gasteiger partial charge in [0.25, 0.3) is 0 Å². The number of aliphatic carboxylic acids is 1. The minimum atomic E-state index is -1.18. The maximum Gasteiger partial charge on any atom is 0.337 e. The minimum absolute atomic E-state index is 0.171. The van der Waals surface area contributed by atoms with Crippen LogP contribution in [0.2, 0.25) is 0 Å². The summed E-state index contributed by atoms with van der Waals surface area (Å²) in [6, 6.07) is 21.6. The number of carboxylic acids is 1. The van der Waals surface area contributed by atoms with Crippen LogP contribution in [-0.2, 0) is 29.0 Å². The van der Waals surface area contributed by atoms with E-state index in [1.54, 1.807) is 6.07 Å². The molecule has 0 bridgehead atoms. The summed E-state index contributed by atoms with van der Waals surface area (Å²) in [7, 11) is 0. The Bertz CT molecular complexity index is 1620. The lowest BCUT2D eigenvalue weighted by Gasteiger charge is -2.30. The van der Waals surface area contributed by atoms with Crippen LogP contribution in [0.25, 0.3) is 22.3 Å². The Morgan fingerprint density at radius 3 is 2.31 bits per heavy atom. The van der Waals surface area contributed by atoms with Crippen molar-refractivity contribution in [3.8, 4) is 22.3 Å². The first-order chi connectivity index (χ1) is 19.9. The third kappa shape index (κ3) is 6.30. The lowest BCUT2D eigenvalue weighted by Crippen LogP contribution is -2.30. The van der Waals surface area contributed by atoms with Crippen LogP contribution in [-0.4, -0.2) is 33.1 Å². The van der Waals surface area contributed by atoms with Gasteiger partial charge >= 0.3 is 5.97 Å². The Balaban J connectivity index is 1.61. The van der Waals surface area contributed by atoms with Crippen molar-refractivity contribution < 1.29 is 19.0 Å². The monoisotopic (exact) mass is 566 g/mol. The summed E-state index contributed by atoms with van der Waals surface area (Å²) in [5.41, 5.74) is 9.36. The third-order valence-electron chi connectivity index (χ3n) is 7.84. The van der Waals surface area contributed by atoms with Crippen LogP contribution in [0.3, 0.4) is 0 Å². The second-order valence-electron chi connectivity index (χ2n) is 12.3. The topological polar surface area (TPSA) is 62.7 Å². The van der Waals surface area contributed by atoms with Gasteiger partial charge in [-0.05, 0) is 81.8 Å².